The predicted octanol–water partition coefficient (Wildman–Crippen LogP) is 2.76. The van der Waals surface area contributed by atoms with Gasteiger partial charge in [-0.2, -0.15) is 5.10 Å². The highest BCUT2D eigenvalue weighted by Gasteiger charge is 2.13. The number of H-pyrrole nitrogens is 1. The molecule has 0 spiro atoms. The molecule has 0 atom stereocenters. The van der Waals surface area contributed by atoms with Crippen molar-refractivity contribution in [2.45, 2.75) is 6.54 Å². The summed E-state index contributed by atoms with van der Waals surface area (Å²) >= 11 is 0. The van der Waals surface area contributed by atoms with Crippen LogP contribution in [0.3, 0.4) is 0 Å². The van der Waals surface area contributed by atoms with E-state index in [-0.39, 0.29) is 18.2 Å². The number of nitrogens with one attached hydrogen (secondary N) is 2. The van der Waals surface area contributed by atoms with Crippen LogP contribution >= 0.6 is 0 Å². The van der Waals surface area contributed by atoms with Crippen LogP contribution in [0.15, 0.2) is 65.1 Å². The molecule has 4 aromatic rings. The molecular weight excluding hydrogens is 346 g/mol. The van der Waals surface area contributed by atoms with Crippen LogP contribution in [-0.4, -0.2) is 31.4 Å². The van der Waals surface area contributed by atoms with Gasteiger partial charge in [-0.3, -0.25) is 9.89 Å². The van der Waals surface area contributed by atoms with E-state index in [1.54, 1.807) is 30.3 Å². The van der Waals surface area contributed by atoms with Gasteiger partial charge in [-0.25, -0.2) is 0 Å². The summed E-state index contributed by atoms with van der Waals surface area (Å²) in [5.74, 6) is 0.533. The molecule has 2 aromatic carbocycles. The molecule has 0 saturated heterocycles. The van der Waals surface area contributed by atoms with E-state index in [1.165, 1.54) is 0 Å². The fraction of sp³-hybridized carbons (Fsp3) is 0.0526. The van der Waals surface area contributed by atoms with Gasteiger partial charge in [-0.1, -0.05) is 18.2 Å². The molecule has 2 heterocycles. The van der Waals surface area contributed by atoms with Gasteiger partial charge < -0.3 is 14.8 Å². The van der Waals surface area contributed by atoms with E-state index >= 15 is 0 Å². The topological polar surface area (TPSA) is 117 Å². The Morgan fingerprint density at radius 1 is 1.04 bits per heavy atom. The first-order valence-electron chi connectivity index (χ1n) is 8.20. The molecule has 2 aromatic heterocycles. The second-order valence-corrected chi connectivity index (χ2v) is 5.76. The number of carbonyl (C=O) groups is 1. The van der Waals surface area contributed by atoms with Crippen molar-refractivity contribution in [3.63, 3.8) is 0 Å². The van der Waals surface area contributed by atoms with E-state index in [9.17, 15) is 9.90 Å². The van der Waals surface area contributed by atoms with Crippen molar-refractivity contribution in [3.8, 4) is 28.5 Å². The van der Waals surface area contributed by atoms with Crippen molar-refractivity contribution < 1.29 is 14.3 Å². The molecule has 8 heteroatoms. The molecule has 0 aliphatic heterocycles. The maximum Gasteiger partial charge on any atom is 0.269 e. The fourth-order valence-corrected chi connectivity index (χ4v) is 2.49. The maximum atomic E-state index is 12.3. The molecule has 0 unspecified atom stereocenters. The largest absolute Gasteiger partial charge is 0.508 e. The summed E-state index contributed by atoms with van der Waals surface area (Å²) in [5, 5.41) is 26.8. The minimum atomic E-state index is -0.341. The summed E-state index contributed by atoms with van der Waals surface area (Å²) in [4.78, 5) is 12.3. The van der Waals surface area contributed by atoms with Gasteiger partial charge in [-0.05, 0) is 42.5 Å². The first-order chi connectivity index (χ1) is 13.2. The predicted molar refractivity (Wildman–Crippen MR) is 96.6 cm³/mol. The zero-order valence-corrected chi connectivity index (χ0v) is 14.1. The molecule has 0 radical (unpaired) electrons. The third-order valence-corrected chi connectivity index (χ3v) is 3.87. The number of aromatic hydroxyl groups is 1. The summed E-state index contributed by atoms with van der Waals surface area (Å²) in [6.45, 7) is 0.103. The Morgan fingerprint density at radius 3 is 2.59 bits per heavy atom. The van der Waals surface area contributed by atoms with E-state index in [1.807, 2.05) is 30.3 Å². The van der Waals surface area contributed by atoms with Crippen LogP contribution in [-0.2, 0) is 6.54 Å². The van der Waals surface area contributed by atoms with Crippen LogP contribution < -0.4 is 5.32 Å². The smallest absolute Gasteiger partial charge is 0.269 e. The third-order valence-electron chi connectivity index (χ3n) is 3.87. The lowest BCUT2D eigenvalue weighted by molar-refractivity contribution is 0.0942. The molecule has 8 nitrogen and oxygen atoms in total. The van der Waals surface area contributed by atoms with Gasteiger partial charge in [0.2, 0.25) is 11.8 Å². The second-order valence-electron chi connectivity index (χ2n) is 5.76. The van der Waals surface area contributed by atoms with Gasteiger partial charge in [0.25, 0.3) is 5.91 Å². The number of carbonyl (C=O) groups excluding carboxylic acids is 1. The van der Waals surface area contributed by atoms with Crippen molar-refractivity contribution >= 4 is 5.91 Å². The molecule has 0 bridgehead atoms. The molecule has 134 valence electrons. The van der Waals surface area contributed by atoms with Crippen molar-refractivity contribution in [2.75, 3.05) is 0 Å². The quantitative estimate of drug-likeness (QED) is 0.503. The molecule has 4 rings (SSSR count). The van der Waals surface area contributed by atoms with Gasteiger partial charge in [-0.15, -0.1) is 10.2 Å². The Bertz CT molecular complexity index is 1050. The molecule has 27 heavy (non-hydrogen) atoms. The number of aromatic nitrogens is 4. The van der Waals surface area contributed by atoms with Crippen LogP contribution in [0.2, 0.25) is 0 Å². The van der Waals surface area contributed by atoms with E-state index in [0.29, 0.717) is 23.2 Å². The van der Waals surface area contributed by atoms with Crippen molar-refractivity contribution in [1.29, 1.82) is 0 Å². The number of phenols is 1. The monoisotopic (exact) mass is 361 g/mol. The molecule has 0 saturated carbocycles. The molecule has 1 amide bonds. The number of nitrogens with zero attached hydrogens (tertiary/aromatic N) is 3. The van der Waals surface area contributed by atoms with Gasteiger partial charge >= 0.3 is 0 Å². The Balaban J connectivity index is 1.40. The second kappa shape index (κ2) is 7.12. The number of rotatable bonds is 5. The molecular formula is C19H15N5O3. The number of hydrogen-bond acceptors (Lipinski definition) is 6. The van der Waals surface area contributed by atoms with Crippen molar-refractivity contribution in [3.05, 3.63) is 72.2 Å². The number of aromatic amines is 1. The Morgan fingerprint density at radius 2 is 1.81 bits per heavy atom. The van der Waals surface area contributed by atoms with Crippen LogP contribution in [0, 0.1) is 0 Å². The van der Waals surface area contributed by atoms with Gasteiger partial charge in [0.15, 0.2) is 0 Å². The lowest BCUT2D eigenvalue weighted by Crippen LogP contribution is -2.23. The minimum absolute atomic E-state index is 0.103. The standard InChI is InChI=1S/C19H15N5O3/c25-14-8-6-12(7-9-14)15-10-16(22-21-15)18(26)20-11-17-23-24-19(27-17)13-4-2-1-3-5-13/h1-10,25H,11H2,(H,20,26)(H,21,22). The molecule has 0 aliphatic rings. The average Bonchev–Trinajstić information content (AvgIpc) is 3.37. The molecule has 0 aliphatic carbocycles. The SMILES string of the molecule is O=C(NCc1nnc(-c2ccccc2)o1)c1cc(-c2ccc(O)cc2)n[nH]1. The van der Waals surface area contributed by atoms with Gasteiger partial charge in [0.1, 0.15) is 11.4 Å². The highest BCUT2D eigenvalue weighted by atomic mass is 16.4. The zero-order valence-electron chi connectivity index (χ0n) is 14.1. The summed E-state index contributed by atoms with van der Waals surface area (Å²) < 4.78 is 5.56. The Labute approximate surface area is 153 Å². The molecule has 3 N–H and O–H groups in total. The van der Waals surface area contributed by atoms with Gasteiger partial charge in [0.05, 0.1) is 12.2 Å². The van der Waals surface area contributed by atoms with Gasteiger partial charge in [0, 0.05) is 11.1 Å². The first kappa shape index (κ1) is 16.5. The number of benzene rings is 2. The van der Waals surface area contributed by atoms with E-state index < -0.39 is 0 Å². The lowest BCUT2D eigenvalue weighted by Gasteiger charge is -1.99. The van der Waals surface area contributed by atoms with Crippen LogP contribution in [0.4, 0.5) is 0 Å². The lowest BCUT2D eigenvalue weighted by atomic mass is 10.1. The number of phenolic OH excluding ortho intramolecular Hbond substituents is 1. The molecule has 0 fully saturated rings. The third kappa shape index (κ3) is 3.69. The minimum Gasteiger partial charge on any atom is -0.508 e. The average molecular weight is 361 g/mol. The highest BCUT2D eigenvalue weighted by molar-refractivity contribution is 5.93. The highest BCUT2D eigenvalue weighted by Crippen LogP contribution is 2.20. The zero-order chi connectivity index (χ0) is 18.6. The summed E-state index contributed by atoms with van der Waals surface area (Å²) in [6, 6.07) is 17.6. The van der Waals surface area contributed by atoms with E-state index in [0.717, 1.165) is 11.1 Å². The summed E-state index contributed by atoms with van der Waals surface area (Å²) in [6.07, 6.45) is 0. The van der Waals surface area contributed by atoms with Crippen LogP contribution in [0.25, 0.3) is 22.7 Å². The Hall–Kier alpha value is -3.94. The maximum absolute atomic E-state index is 12.3. The fourth-order valence-electron chi connectivity index (χ4n) is 2.49. The number of hydrogen-bond donors (Lipinski definition) is 3. The van der Waals surface area contributed by atoms with Crippen LogP contribution in [0.5, 0.6) is 5.75 Å². The van der Waals surface area contributed by atoms with E-state index in [4.69, 9.17) is 4.42 Å². The Kier molecular flexibility index (Phi) is 4.36. The normalized spacial score (nSPS) is 10.7. The number of amides is 1. The van der Waals surface area contributed by atoms with E-state index in [2.05, 4.69) is 25.7 Å². The van der Waals surface area contributed by atoms with Crippen LogP contribution in [0.1, 0.15) is 16.4 Å². The summed E-state index contributed by atoms with van der Waals surface area (Å²) in [7, 11) is 0. The van der Waals surface area contributed by atoms with Crippen molar-refractivity contribution in [1.82, 2.24) is 25.7 Å². The van der Waals surface area contributed by atoms with Crippen molar-refractivity contribution in [2.24, 2.45) is 0 Å². The summed E-state index contributed by atoms with van der Waals surface area (Å²) in [5.41, 5.74) is 2.51. The first-order valence-corrected chi connectivity index (χ1v) is 8.20.